The highest BCUT2D eigenvalue weighted by Crippen LogP contribution is 2.34. The lowest BCUT2D eigenvalue weighted by molar-refractivity contribution is 1.31. The lowest BCUT2D eigenvalue weighted by Crippen LogP contribution is -2.01. The van der Waals surface area contributed by atoms with Gasteiger partial charge in [0.15, 0.2) is 0 Å². The first-order chi connectivity index (χ1) is 11.1. The van der Waals surface area contributed by atoms with Crippen LogP contribution in [0.4, 0.5) is 0 Å². The molecule has 0 aliphatic heterocycles. The van der Waals surface area contributed by atoms with Crippen LogP contribution in [0, 0.1) is 0 Å². The highest BCUT2D eigenvalue weighted by atomic mass is 14.2. The van der Waals surface area contributed by atoms with E-state index in [0.29, 0.717) is 0 Å². The minimum Gasteiger partial charge on any atom is -0.0990 e. The zero-order valence-electron chi connectivity index (χ0n) is 14.1. The monoisotopic (exact) mass is 302 g/mol. The first kappa shape index (κ1) is 20.1. The van der Waals surface area contributed by atoms with Crippen LogP contribution in [-0.2, 0) is 0 Å². The Hall–Kier alpha value is -2.86. The van der Waals surface area contributed by atoms with Crippen molar-refractivity contribution in [2.45, 2.75) is 6.92 Å². The van der Waals surface area contributed by atoms with Gasteiger partial charge in [-0.1, -0.05) is 101 Å². The van der Waals surface area contributed by atoms with Crippen LogP contribution in [0.25, 0.3) is 0 Å². The van der Waals surface area contributed by atoms with Crippen molar-refractivity contribution in [2.24, 2.45) is 0 Å². The van der Waals surface area contributed by atoms with E-state index in [-0.39, 0.29) is 0 Å². The van der Waals surface area contributed by atoms with E-state index in [2.05, 4.69) is 46.1 Å². The summed E-state index contributed by atoms with van der Waals surface area (Å²) in [6.45, 7) is 29.1. The lowest BCUT2D eigenvalue weighted by atomic mass is 9.84. The SMILES string of the molecule is C=C/C=C(/C=C)C(=C(C=C)C=C)C(/C(C=C)=C\C=C)=C(\C)C=C. The van der Waals surface area contributed by atoms with E-state index in [4.69, 9.17) is 0 Å². The van der Waals surface area contributed by atoms with Gasteiger partial charge in [0.05, 0.1) is 0 Å². The maximum atomic E-state index is 3.92. The molecule has 0 amide bonds. The summed E-state index contributed by atoms with van der Waals surface area (Å²) < 4.78 is 0. The number of hydrogen-bond acceptors (Lipinski definition) is 0. The first-order valence-corrected chi connectivity index (χ1v) is 7.30. The molecule has 118 valence electrons. The molecule has 23 heavy (non-hydrogen) atoms. The number of allylic oxidation sites excluding steroid dienone is 15. The molecule has 0 aromatic rings. The highest BCUT2D eigenvalue weighted by molar-refractivity contribution is 5.68. The maximum Gasteiger partial charge on any atom is -0.00308 e. The van der Waals surface area contributed by atoms with Gasteiger partial charge in [0, 0.05) is 0 Å². The first-order valence-electron chi connectivity index (χ1n) is 7.30. The van der Waals surface area contributed by atoms with Crippen molar-refractivity contribution in [3.8, 4) is 0 Å². The Bertz CT molecular complexity index is 642. The zero-order chi connectivity index (χ0) is 17.8. The van der Waals surface area contributed by atoms with Crippen molar-refractivity contribution < 1.29 is 0 Å². The van der Waals surface area contributed by atoms with E-state index in [1.54, 1.807) is 36.5 Å². The summed E-state index contributed by atoms with van der Waals surface area (Å²) in [5, 5.41) is 0. The van der Waals surface area contributed by atoms with E-state index < -0.39 is 0 Å². The Kier molecular flexibility index (Phi) is 9.46. The molecule has 0 N–H and O–H groups in total. The van der Waals surface area contributed by atoms with Crippen LogP contribution < -0.4 is 0 Å². The second kappa shape index (κ2) is 10.8. The molecular weight excluding hydrogens is 276 g/mol. The standard InChI is InChI=1S/C23H26/c1-9-16-20(14-6)22(18(8)11-3)23(19(12-4)13-5)21(15-7)17-10-2/h9-17H,1-7H2,8H3/b20-16-,21-17-,22-18+. The molecule has 0 saturated heterocycles. The molecule has 0 aromatic carbocycles. The molecule has 0 saturated carbocycles. The Balaban J connectivity index is 7.12. The topological polar surface area (TPSA) is 0 Å². The van der Waals surface area contributed by atoms with Gasteiger partial charge in [-0.2, -0.15) is 0 Å². The third-order valence-corrected chi connectivity index (χ3v) is 3.29. The summed E-state index contributed by atoms with van der Waals surface area (Å²) in [6.07, 6.45) is 16.2. The van der Waals surface area contributed by atoms with Crippen molar-refractivity contribution in [1.82, 2.24) is 0 Å². The summed E-state index contributed by atoms with van der Waals surface area (Å²) in [7, 11) is 0. The summed E-state index contributed by atoms with van der Waals surface area (Å²) >= 11 is 0. The fourth-order valence-corrected chi connectivity index (χ4v) is 2.17. The van der Waals surface area contributed by atoms with Crippen molar-refractivity contribution in [2.75, 3.05) is 0 Å². The van der Waals surface area contributed by atoms with Crippen LogP contribution >= 0.6 is 0 Å². The molecule has 0 rings (SSSR count). The van der Waals surface area contributed by atoms with Gasteiger partial charge in [-0.15, -0.1) is 0 Å². The molecule has 0 nitrogen and oxygen atoms in total. The smallest absolute Gasteiger partial charge is 0.00308 e. The molecule has 0 radical (unpaired) electrons. The summed E-state index contributed by atoms with van der Waals surface area (Å²) in [5.41, 5.74) is 5.69. The summed E-state index contributed by atoms with van der Waals surface area (Å²) in [6, 6.07) is 0. The average Bonchev–Trinajstić information content (AvgIpc) is 2.58. The lowest BCUT2D eigenvalue weighted by Gasteiger charge is -2.19. The fourth-order valence-electron chi connectivity index (χ4n) is 2.17. The van der Waals surface area contributed by atoms with Crippen LogP contribution in [-0.4, -0.2) is 0 Å². The van der Waals surface area contributed by atoms with Crippen LogP contribution in [0.5, 0.6) is 0 Å². The van der Waals surface area contributed by atoms with Gasteiger partial charge in [-0.3, -0.25) is 0 Å². The minimum atomic E-state index is 0.894. The van der Waals surface area contributed by atoms with Crippen molar-refractivity contribution in [3.05, 3.63) is 134 Å². The van der Waals surface area contributed by atoms with E-state index >= 15 is 0 Å². The fraction of sp³-hybridized carbons (Fsp3) is 0.0435. The van der Waals surface area contributed by atoms with E-state index in [0.717, 1.165) is 33.4 Å². The molecule has 0 fully saturated rings. The normalized spacial score (nSPS) is 12.4. The average molecular weight is 302 g/mol. The van der Waals surface area contributed by atoms with Gasteiger partial charge in [0.1, 0.15) is 0 Å². The van der Waals surface area contributed by atoms with Crippen molar-refractivity contribution in [3.63, 3.8) is 0 Å². The van der Waals surface area contributed by atoms with Gasteiger partial charge in [0.2, 0.25) is 0 Å². The summed E-state index contributed by atoms with van der Waals surface area (Å²) in [4.78, 5) is 0. The quantitative estimate of drug-likeness (QED) is 0.391. The number of rotatable bonds is 10. The molecule has 0 aliphatic carbocycles. The summed E-state index contributed by atoms with van der Waals surface area (Å²) in [5.74, 6) is 0. The molecule has 0 spiro atoms. The Morgan fingerprint density at radius 2 is 1.00 bits per heavy atom. The van der Waals surface area contributed by atoms with Crippen molar-refractivity contribution in [1.29, 1.82) is 0 Å². The third kappa shape index (κ3) is 5.12. The van der Waals surface area contributed by atoms with E-state index in [1.807, 2.05) is 25.2 Å². The highest BCUT2D eigenvalue weighted by Gasteiger charge is 2.16. The second-order valence-electron chi connectivity index (χ2n) is 4.62. The molecule has 0 atom stereocenters. The van der Waals surface area contributed by atoms with Gasteiger partial charge in [0.25, 0.3) is 0 Å². The largest absolute Gasteiger partial charge is 0.0990 e. The Morgan fingerprint density at radius 1 is 0.565 bits per heavy atom. The third-order valence-electron chi connectivity index (χ3n) is 3.29. The van der Waals surface area contributed by atoms with Crippen LogP contribution in [0.3, 0.4) is 0 Å². The molecule has 0 aliphatic rings. The number of hydrogen-bond donors (Lipinski definition) is 0. The van der Waals surface area contributed by atoms with Gasteiger partial charge in [-0.05, 0) is 40.4 Å². The molecule has 0 unspecified atom stereocenters. The van der Waals surface area contributed by atoms with Crippen LogP contribution in [0.2, 0.25) is 0 Å². The van der Waals surface area contributed by atoms with Crippen molar-refractivity contribution >= 4 is 0 Å². The van der Waals surface area contributed by atoms with Gasteiger partial charge >= 0.3 is 0 Å². The Labute approximate surface area is 141 Å². The second-order valence-corrected chi connectivity index (χ2v) is 4.62. The van der Waals surface area contributed by atoms with E-state index in [1.165, 1.54) is 0 Å². The van der Waals surface area contributed by atoms with Crippen LogP contribution in [0.1, 0.15) is 6.92 Å². The van der Waals surface area contributed by atoms with Crippen LogP contribution in [0.15, 0.2) is 134 Å². The maximum absolute atomic E-state index is 3.92. The molecule has 0 heteroatoms. The van der Waals surface area contributed by atoms with Gasteiger partial charge in [-0.25, -0.2) is 0 Å². The minimum absolute atomic E-state index is 0.894. The predicted octanol–water partition coefficient (Wildman–Crippen LogP) is 6.75. The van der Waals surface area contributed by atoms with E-state index in [9.17, 15) is 0 Å². The molecule has 0 bridgehead atoms. The molecular formula is C23H26. The van der Waals surface area contributed by atoms with Gasteiger partial charge < -0.3 is 0 Å². The Morgan fingerprint density at radius 3 is 1.30 bits per heavy atom. The zero-order valence-corrected chi connectivity index (χ0v) is 14.1. The predicted molar refractivity (Wildman–Crippen MR) is 107 cm³/mol. The molecule has 0 aromatic heterocycles. The molecule has 0 heterocycles.